The summed E-state index contributed by atoms with van der Waals surface area (Å²) in [6.07, 6.45) is 0.852. The molecule has 2 aromatic rings. The number of nitrogens with zero attached hydrogens (tertiary/aromatic N) is 2. The molecule has 0 saturated carbocycles. The number of carbonyl (C=O) groups is 1. The summed E-state index contributed by atoms with van der Waals surface area (Å²) >= 11 is 0. The first-order chi connectivity index (χ1) is 8.15. The minimum atomic E-state index is 0.628. The zero-order valence-electron chi connectivity index (χ0n) is 10.4. The van der Waals surface area contributed by atoms with Crippen LogP contribution in [0.2, 0.25) is 0 Å². The van der Waals surface area contributed by atoms with Gasteiger partial charge in [-0.2, -0.15) is 5.10 Å². The molecule has 0 unspecified atom stereocenters. The van der Waals surface area contributed by atoms with Crippen molar-refractivity contribution in [2.45, 2.75) is 27.3 Å². The second-order valence-electron chi connectivity index (χ2n) is 4.21. The van der Waals surface area contributed by atoms with Crippen molar-refractivity contribution in [3.63, 3.8) is 0 Å². The van der Waals surface area contributed by atoms with Crippen LogP contribution in [0.3, 0.4) is 0 Å². The standard InChI is InChI=1S/C14H16N2O/c1-4-16-12(9-17)8-14(15-16)13-7-10(2)5-6-11(13)3/h5-9H,4H2,1-3H3. The molecule has 1 aromatic heterocycles. The highest BCUT2D eigenvalue weighted by Gasteiger charge is 2.09. The molecule has 0 bridgehead atoms. The summed E-state index contributed by atoms with van der Waals surface area (Å²) in [4.78, 5) is 10.9. The van der Waals surface area contributed by atoms with Gasteiger partial charge in [0.2, 0.25) is 0 Å². The molecule has 1 aromatic carbocycles. The zero-order valence-corrected chi connectivity index (χ0v) is 10.4. The van der Waals surface area contributed by atoms with Gasteiger partial charge in [0.15, 0.2) is 6.29 Å². The van der Waals surface area contributed by atoms with E-state index in [2.05, 4.69) is 37.1 Å². The lowest BCUT2D eigenvalue weighted by Crippen LogP contribution is -2.01. The Morgan fingerprint density at radius 3 is 2.65 bits per heavy atom. The maximum absolute atomic E-state index is 10.9. The lowest BCUT2D eigenvalue weighted by atomic mass is 10.0. The predicted octanol–water partition coefficient (Wildman–Crippen LogP) is 3.00. The van der Waals surface area contributed by atoms with Crippen molar-refractivity contribution in [2.75, 3.05) is 0 Å². The van der Waals surface area contributed by atoms with Gasteiger partial charge >= 0.3 is 0 Å². The number of aromatic nitrogens is 2. The van der Waals surface area contributed by atoms with Crippen molar-refractivity contribution >= 4 is 6.29 Å². The molecule has 2 rings (SSSR count). The normalized spacial score (nSPS) is 10.5. The molecule has 0 atom stereocenters. The number of carbonyl (C=O) groups excluding carboxylic acids is 1. The fraction of sp³-hybridized carbons (Fsp3) is 0.286. The number of hydrogen-bond acceptors (Lipinski definition) is 2. The molecule has 0 fully saturated rings. The van der Waals surface area contributed by atoms with Crippen molar-refractivity contribution in [2.24, 2.45) is 0 Å². The van der Waals surface area contributed by atoms with E-state index < -0.39 is 0 Å². The Morgan fingerprint density at radius 2 is 2.06 bits per heavy atom. The summed E-state index contributed by atoms with van der Waals surface area (Å²) < 4.78 is 1.73. The molecule has 3 heteroatoms. The van der Waals surface area contributed by atoms with E-state index in [0.29, 0.717) is 12.2 Å². The molecular formula is C14H16N2O. The van der Waals surface area contributed by atoms with Crippen LogP contribution in [0.25, 0.3) is 11.3 Å². The van der Waals surface area contributed by atoms with E-state index in [1.807, 2.05) is 13.0 Å². The Hall–Kier alpha value is -1.90. The maximum atomic E-state index is 10.9. The fourth-order valence-electron chi connectivity index (χ4n) is 1.92. The third-order valence-electron chi connectivity index (χ3n) is 2.90. The summed E-state index contributed by atoms with van der Waals surface area (Å²) in [5.41, 5.74) is 4.97. The van der Waals surface area contributed by atoms with Crippen LogP contribution in [-0.2, 0) is 6.54 Å². The molecule has 3 nitrogen and oxygen atoms in total. The number of hydrogen-bond donors (Lipinski definition) is 0. The lowest BCUT2D eigenvalue weighted by molar-refractivity contribution is 0.111. The van der Waals surface area contributed by atoms with Gasteiger partial charge in [-0.05, 0) is 38.5 Å². The molecule has 0 saturated heterocycles. The second-order valence-corrected chi connectivity index (χ2v) is 4.21. The smallest absolute Gasteiger partial charge is 0.168 e. The van der Waals surface area contributed by atoms with Crippen LogP contribution >= 0.6 is 0 Å². The minimum Gasteiger partial charge on any atom is -0.296 e. The number of aldehydes is 1. The summed E-state index contributed by atoms with van der Waals surface area (Å²) in [6.45, 7) is 6.80. The van der Waals surface area contributed by atoms with E-state index in [1.54, 1.807) is 4.68 Å². The van der Waals surface area contributed by atoms with Crippen molar-refractivity contribution < 1.29 is 4.79 Å². The Morgan fingerprint density at radius 1 is 1.29 bits per heavy atom. The van der Waals surface area contributed by atoms with Crippen LogP contribution in [0.4, 0.5) is 0 Å². The number of rotatable bonds is 3. The van der Waals surface area contributed by atoms with Crippen molar-refractivity contribution in [3.8, 4) is 11.3 Å². The van der Waals surface area contributed by atoms with Gasteiger partial charge in [0.05, 0.1) is 5.69 Å². The zero-order chi connectivity index (χ0) is 12.4. The van der Waals surface area contributed by atoms with E-state index in [1.165, 1.54) is 11.1 Å². The average Bonchev–Trinajstić information content (AvgIpc) is 2.75. The van der Waals surface area contributed by atoms with Gasteiger partial charge in [0.1, 0.15) is 5.69 Å². The monoisotopic (exact) mass is 228 g/mol. The molecular weight excluding hydrogens is 212 g/mol. The number of benzene rings is 1. The van der Waals surface area contributed by atoms with Gasteiger partial charge in [0.25, 0.3) is 0 Å². The molecule has 88 valence electrons. The quantitative estimate of drug-likeness (QED) is 0.757. The van der Waals surface area contributed by atoms with E-state index in [-0.39, 0.29) is 0 Å². The highest BCUT2D eigenvalue weighted by Crippen LogP contribution is 2.23. The van der Waals surface area contributed by atoms with Gasteiger partial charge in [-0.1, -0.05) is 17.7 Å². The molecule has 1 heterocycles. The van der Waals surface area contributed by atoms with Crippen molar-refractivity contribution in [1.29, 1.82) is 0 Å². The summed E-state index contributed by atoms with van der Waals surface area (Å²) in [7, 11) is 0. The Bertz CT molecular complexity index is 555. The van der Waals surface area contributed by atoms with Crippen LogP contribution in [0.1, 0.15) is 28.5 Å². The van der Waals surface area contributed by atoms with Crippen molar-refractivity contribution in [3.05, 3.63) is 41.1 Å². The topological polar surface area (TPSA) is 34.9 Å². The Kier molecular flexibility index (Phi) is 3.09. The second kappa shape index (κ2) is 4.53. The molecule has 0 radical (unpaired) electrons. The third-order valence-corrected chi connectivity index (χ3v) is 2.90. The Labute approximate surface area is 101 Å². The highest BCUT2D eigenvalue weighted by molar-refractivity contribution is 5.76. The molecule has 0 aliphatic carbocycles. The predicted molar refractivity (Wildman–Crippen MR) is 68.2 cm³/mol. The van der Waals surface area contributed by atoms with E-state index >= 15 is 0 Å². The van der Waals surface area contributed by atoms with Crippen LogP contribution in [0, 0.1) is 13.8 Å². The van der Waals surface area contributed by atoms with Gasteiger partial charge in [0, 0.05) is 12.1 Å². The van der Waals surface area contributed by atoms with E-state index in [9.17, 15) is 4.79 Å². The first-order valence-corrected chi connectivity index (χ1v) is 5.76. The molecule has 0 aliphatic heterocycles. The first kappa shape index (κ1) is 11.6. The van der Waals surface area contributed by atoms with Gasteiger partial charge < -0.3 is 0 Å². The van der Waals surface area contributed by atoms with Gasteiger partial charge in [-0.25, -0.2) is 0 Å². The minimum absolute atomic E-state index is 0.628. The third kappa shape index (κ3) is 2.13. The first-order valence-electron chi connectivity index (χ1n) is 5.76. The van der Waals surface area contributed by atoms with Gasteiger partial charge in [-0.3, -0.25) is 9.48 Å². The van der Waals surface area contributed by atoms with E-state index in [4.69, 9.17) is 0 Å². The summed E-state index contributed by atoms with van der Waals surface area (Å²) in [6, 6.07) is 8.11. The maximum Gasteiger partial charge on any atom is 0.168 e. The lowest BCUT2D eigenvalue weighted by Gasteiger charge is -2.03. The largest absolute Gasteiger partial charge is 0.296 e. The molecule has 0 N–H and O–H groups in total. The Balaban J connectivity index is 2.56. The van der Waals surface area contributed by atoms with Crippen LogP contribution in [0.15, 0.2) is 24.3 Å². The highest BCUT2D eigenvalue weighted by atomic mass is 16.1. The fourth-order valence-corrected chi connectivity index (χ4v) is 1.92. The molecule has 0 amide bonds. The molecule has 0 aliphatic rings. The van der Waals surface area contributed by atoms with Gasteiger partial charge in [-0.15, -0.1) is 0 Å². The van der Waals surface area contributed by atoms with E-state index in [0.717, 1.165) is 17.5 Å². The SMILES string of the molecule is CCn1nc(-c2cc(C)ccc2C)cc1C=O. The number of aryl methyl sites for hydroxylation is 3. The van der Waals surface area contributed by atoms with Crippen molar-refractivity contribution in [1.82, 2.24) is 9.78 Å². The molecule has 0 spiro atoms. The van der Waals surface area contributed by atoms with Crippen LogP contribution < -0.4 is 0 Å². The summed E-state index contributed by atoms with van der Waals surface area (Å²) in [5.74, 6) is 0. The molecule has 17 heavy (non-hydrogen) atoms. The summed E-state index contributed by atoms with van der Waals surface area (Å²) in [5, 5.41) is 4.46. The average molecular weight is 228 g/mol. The van der Waals surface area contributed by atoms with Crippen LogP contribution in [0.5, 0.6) is 0 Å². The van der Waals surface area contributed by atoms with Crippen LogP contribution in [-0.4, -0.2) is 16.1 Å².